The standard InChI is InChI=1S/C26H19Cl2IN2O5/c1-14-18(27)8-5-9-21(14)31-25(33)17(24(32)30-26(31)34)10-15-11-20(29)23(22(12-15)35-2)36-13-16-6-3-4-7-19(16)28/h3-12H,13H2,1-2H3,(H,30,32,34)/b17-10+. The van der Waals surface area contributed by atoms with Crippen LogP contribution in [0.5, 0.6) is 11.5 Å². The van der Waals surface area contributed by atoms with Crippen LogP contribution < -0.4 is 19.7 Å². The van der Waals surface area contributed by atoms with E-state index >= 15 is 0 Å². The number of methoxy groups -OCH3 is 1. The van der Waals surface area contributed by atoms with Crippen molar-refractivity contribution in [2.45, 2.75) is 13.5 Å². The third kappa shape index (κ3) is 5.21. The Morgan fingerprint density at radius 3 is 2.47 bits per heavy atom. The molecule has 1 aliphatic rings. The maximum Gasteiger partial charge on any atom is 0.335 e. The van der Waals surface area contributed by atoms with Gasteiger partial charge in [0.1, 0.15) is 12.2 Å². The number of urea groups is 1. The molecule has 0 bridgehead atoms. The fraction of sp³-hybridized carbons (Fsp3) is 0.115. The average molecular weight is 637 g/mol. The molecule has 7 nitrogen and oxygen atoms in total. The number of halogens is 3. The number of hydrogen-bond acceptors (Lipinski definition) is 5. The lowest BCUT2D eigenvalue weighted by Crippen LogP contribution is -2.54. The summed E-state index contributed by atoms with van der Waals surface area (Å²) in [5.74, 6) is -0.662. The third-order valence-electron chi connectivity index (χ3n) is 5.47. The summed E-state index contributed by atoms with van der Waals surface area (Å²) in [4.78, 5) is 39.3. The van der Waals surface area contributed by atoms with Crippen LogP contribution in [0.25, 0.3) is 6.08 Å². The third-order valence-corrected chi connectivity index (χ3v) is 7.05. The largest absolute Gasteiger partial charge is 0.493 e. The minimum absolute atomic E-state index is 0.212. The number of carbonyl (C=O) groups is 3. The zero-order chi connectivity index (χ0) is 26.0. The van der Waals surface area contributed by atoms with E-state index in [0.717, 1.165) is 10.5 Å². The number of anilines is 1. The maximum absolute atomic E-state index is 13.3. The average Bonchev–Trinajstić information content (AvgIpc) is 2.84. The van der Waals surface area contributed by atoms with Crippen LogP contribution in [0, 0.1) is 10.5 Å². The van der Waals surface area contributed by atoms with Gasteiger partial charge in [-0.15, -0.1) is 0 Å². The number of nitrogens with one attached hydrogen (secondary N) is 1. The number of hydrogen-bond donors (Lipinski definition) is 1. The molecule has 0 aromatic heterocycles. The second-order valence-electron chi connectivity index (χ2n) is 7.76. The summed E-state index contributed by atoms with van der Waals surface area (Å²) in [5.41, 5.74) is 1.94. The van der Waals surface area contributed by atoms with E-state index in [2.05, 4.69) is 27.9 Å². The van der Waals surface area contributed by atoms with Crippen LogP contribution in [-0.2, 0) is 16.2 Å². The van der Waals surface area contributed by atoms with Crippen LogP contribution in [0.2, 0.25) is 10.0 Å². The SMILES string of the molecule is COc1cc(/C=C2\C(=O)NC(=O)N(c3cccc(Cl)c3C)C2=O)cc(I)c1OCc1ccccc1Cl. The molecule has 4 rings (SSSR count). The van der Waals surface area contributed by atoms with Crippen molar-refractivity contribution in [1.82, 2.24) is 5.32 Å². The first-order valence-corrected chi connectivity index (χ1v) is 12.4. The molecule has 0 unspecified atom stereocenters. The van der Waals surface area contributed by atoms with Crippen LogP contribution in [-0.4, -0.2) is 25.0 Å². The van der Waals surface area contributed by atoms with E-state index < -0.39 is 17.8 Å². The van der Waals surface area contributed by atoms with Crippen molar-refractivity contribution >= 4 is 75.4 Å². The molecule has 3 aromatic carbocycles. The van der Waals surface area contributed by atoms with Crippen LogP contribution in [0.4, 0.5) is 10.5 Å². The quantitative estimate of drug-likeness (QED) is 0.199. The van der Waals surface area contributed by atoms with Gasteiger partial charge in [0, 0.05) is 15.6 Å². The molecular weight excluding hydrogens is 618 g/mol. The predicted molar refractivity (Wildman–Crippen MR) is 147 cm³/mol. The molecule has 1 heterocycles. The van der Waals surface area contributed by atoms with Crippen molar-refractivity contribution in [3.63, 3.8) is 0 Å². The first-order chi connectivity index (χ1) is 17.2. The summed E-state index contributed by atoms with van der Waals surface area (Å²) >= 11 is 14.5. The topological polar surface area (TPSA) is 84.9 Å². The van der Waals surface area contributed by atoms with E-state index in [9.17, 15) is 14.4 Å². The number of nitrogens with zero attached hydrogens (tertiary/aromatic N) is 1. The van der Waals surface area contributed by atoms with Crippen molar-refractivity contribution in [3.8, 4) is 11.5 Å². The fourth-order valence-corrected chi connectivity index (χ4v) is 4.75. The van der Waals surface area contributed by atoms with Crippen molar-refractivity contribution in [1.29, 1.82) is 0 Å². The predicted octanol–water partition coefficient (Wildman–Crippen LogP) is 6.16. The van der Waals surface area contributed by atoms with Gasteiger partial charge in [-0.2, -0.15) is 0 Å². The van der Waals surface area contributed by atoms with Gasteiger partial charge >= 0.3 is 6.03 Å². The van der Waals surface area contributed by atoms with Gasteiger partial charge in [0.05, 0.1) is 16.4 Å². The summed E-state index contributed by atoms with van der Waals surface area (Å²) in [6.45, 7) is 1.91. The van der Waals surface area contributed by atoms with Crippen molar-refractivity contribution in [2.24, 2.45) is 0 Å². The van der Waals surface area contributed by atoms with E-state index in [1.54, 1.807) is 43.3 Å². The van der Waals surface area contributed by atoms with E-state index in [1.807, 2.05) is 18.2 Å². The highest BCUT2D eigenvalue weighted by Crippen LogP contribution is 2.36. The van der Waals surface area contributed by atoms with Gasteiger partial charge in [0.15, 0.2) is 11.5 Å². The van der Waals surface area contributed by atoms with Crippen LogP contribution in [0.1, 0.15) is 16.7 Å². The second-order valence-corrected chi connectivity index (χ2v) is 9.73. The summed E-state index contributed by atoms with van der Waals surface area (Å²) in [6, 6.07) is 14.7. The number of imide groups is 2. The Morgan fingerprint density at radius 1 is 1.03 bits per heavy atom. The molecule has 0 aliphatic carbocycles. The first-order valence-electron chi connectivity index (χ1n) is 10.6. The number of barbiturate groups is 1. The molecule has 1 N–H and O–H groups in total. The molecule has 1 fully saturated rings. The fourth-order valence-electron chi connectivity index (χ4n) is 3.61. The molecular formula is C26H19Cl2IN2O5. The Hall–Kier alpha value is -3.08. The molecule has 1 saturated heterocycles. The van der Waals surface area contributed by atoms with E-state index in [1.165, 1.54) is 13.2 Å². The molecule has 0 radical (unpaired) electrons. The lowest BCUT2D eigenvalue weighted by molar-refractivity contribution is -0.122. The summed E-state index contributed by atoms with van der Waals surface area (Å²) in [5, 5.41) is 3.20. The van der Waals surface area contributed by atoms with Crippen molar-refractivity contribution < 1.29 is 23.9 Å². The maximum atomic E-state index is 13.3. The molecule has 4 amide bonds. The van der Waals surface area contributed by atoms with E-state index in [0.29, 0.717) is 41.9 Å². The van der Waals surface area contributed by atoms with Gasteiger partial charge in [-0.05, 0) is 77.0 Å². The minimum atomic E-state index is -0.844. The Bertz CT molecular complexity index is 1420. The molecule has 0 spiro atoms. The Kier molecular flexibility index (Phi) is 7.87. The van der Waals surface area contributed by atoms with Crippen LogP contribution in [0.15, 0.2) is 60.2 Å². The van der Waals surface area contributed by atoms with Gasteiger partial charge in [-0.25, -0.2) is 9.69 Å². The van der Waals surface area contributed by atoms with Crippen molar-refractivity contribution in [2.75, 3.05) is 12.0 Å². The van der Waals surface area contributed by atoms with Gasteiger partial charge in [0.25, 0.3) is 11.8 Å². The summed E-state index contributed by atoms with van der Waals surface area (Å²) in [7, 11) is 1.49. The molecule has 184 valence electrons. The number of benzene rings is 3. The zero-order valence-corrected chi connectivity index (χ0v) is 22.8. The summed E-state index contributed by atoms with van der Waals surface area (Å²) < 4.78 is 12.2. The van der Waals surface area contributed by atoms with Gasteiger partial charge < -0.3 is 9.47 Å². The highest BCUT2D eigenvalue weighted by Gasteiger charge is 2.37. The number of amides is 4. The van der Waals surface area contributed by atoms with Gasteiger partial charge in [0.2, 0.25) is 0 Å². The van der Waals surface area contributed by atoms with Gasteiger partial charge in [-0.1, -0.05) is 47.5 Å². The van der Waals surface area contributed by atoms with Gasteiger partial charge in [-0.3, -0.25) is 14.9 Å². The smallest absolute Gasteiger partial charge is 0.335 e. The number of rotatable bonds is 6. The summed E-state index contributed by atoms with van der Waals surface area (Å²) in [6.07, 6.45) is 1.40. The molecule has 36 heavy (non-hydrogen) atoms. The second kappa shape index (κ2) is 10.9. The zero-order valence-electron chi connectivity index (χ0n) is 19.1. The number of carbonyl (C=O) groups excluding carboxylic acids is 3. The minimum Gasteiger partial charge on any atom is -0.493 e. The molecule has 0 saturated carbocycles. The molecule has 10 heteroatoms. The van der Waals surface area contributed by atoms with E-state index in [-0.39, 0.29) is 12.2 Å². The normalized spacial score (nSPS) is 14.8. The lowest BCUT2D eigenvalue weighted by atomic mass is 10.1. The Labute approximate surface area is 231 Å². The van der Waals surface area contributed by atoms with E-state index in [4.69, 9.17) is 32.7 Å². The monoisotopic (exact) mass is 636 g/mol. The molecule has 3 aromatic rings. The molecule has 1 aliphatic heterocycles. The van der Waals surface area contributed by atoms with Crippen LogP contribution >= 0.6 is 45.8 Å². The van der Waals surface area contributed by atoms with Crippen molar-refractivity contribution in [3.05, 3.63) is 90.5 Å². The lowest BCUT2D eigenvalue weighted by Gasteiger charge is -2.27. The van der Waals surface area contributed by atoms with Crippen LogP contribution in [0.3, 0.4) is 0 Å². The number of ether oxygens (including phenoxy) is 2. The first kappa shape index (κ1) is 26.0. The Balaban J connectivity index is 1.67. The highest BCUT2D eigenvalue weighted by molar-refractivity contribution is 14.1. The molecule has 0 atom stereocenters. The Morgan fingerprint density at radius 2 is 1.75 bits per heavy atom. The highest BCUT2D eigenvalue weighted by atomic mass is 127.